The summed E-state index contributed by atoms with van der Waals surface area (Å²) in [6.45, 7) is 0. The fourth-order valence-electron chi connectivity index (χ4n) is 5.76. The third-order valence-electron chi connectivity index (χ3n) is 8.12. The molecule has 5 heteroatoms. The largest absolute Gasteiger partial charge is 0.497 e. The molecule has 4 aromatic carbocycles. The first-order valence-electron chi connectivity index (χ1n) is 14.3. The van der Waals surface area contributed by atoms with Gasteiger partial charge in [-0.3, -0.25) is 4.99 Å². The van der Waals surface area contributed by atoms with Gasteiger partial charge in [0.25, 0.3) is 0 Å². The summed E-state index contributed by atoms with van der Waals surface area (Å²) < 4.78 is 10.5. The molecule has 0 heterocycles. The average molecular weight is 552 g/mol. The van der Waals surface area contributed by atoms with Crippen molar-refractivity contribution in [3.05, 3.63) is 120 Å². The Morgan fingerprint density at radius 1 is 0.690 bits per heavy atom. The summed E-state index contributed by atoms with van der Waals surface area (Å²) in [5.74, 6) is 2.09. The van der Waals surface area contributed by atoms with E-state index in [0.717, 1.165) is 93.4 Å². The molecule has 2 aliphatic rings. The zero-order valence-corrected chi connectivity index (χ0v) is 23.9. The summed E-state index contributed by atoms with van der Waals surface area (Å²) in [5, 5.41) is 13.8. The van der Waals surface area contributed by atoms with Crippen molar-refractivity contribution in [2.75, 3.05) is 19.5 Å². The molecule has 1 atom stereocenters. The molecule has 0 saturated heterocycles. The van der Waals surface area contributed by atoms with Crippen LogP contribution in [-0.4, -0.2) is 19.9 Å². The van der Waals surface area contributed by atoms with E-state index in [9.17, 15) is 5.26 Å². The number of allylic oxidation sites excluding steroid dienone is 4. The third-order valence-corrected chi connectivity index (χ3v) is 8.12. The Hall–Kier alpha value is -5.08. The Morgan fingerprint density at radius 3 is 1.71 bits per heavy atom. The summed E-state index contributed by atoms with van der Waals surface area (Å²) in [7, 11) is 3.35. The Bertz CT molecular complexity index is 1690. The number of nitriles is 1. The highest BCUT2D eigenvalue weighted by atomic mass is 16.5. The van der Waals surface area contributed by atoms with E-state index >= 15 is 0 Å². The van der Waals surface area contributed by atoms with E-state index in [1.54, 1.807) is 14.2 Å². The van der Waals surface area contributed by atoms with E-state index in [-0.39, 0.29) is 0 Å². The minimum absolute atomic E-state index is 0.402. The van der Waals surface area contributed by atoms with Gasteiger partial charge in [0.15, 0.2) is 0 Å². The Labute approximate surface area is 247 Å². The number of anilines is 1. The quantitative estimate of drug-likeness (QED) is 0.249. The third kappa shape index (κ3) is 5.84. The van der Waals surface area contributed by atoms with Crippen LogP contribution in [0.4, 0.5) is 11.4 Å². The average Bonchev–Trinajstić information content (AvgIpc) is 3.05. The summed E-state index contributed by atoms with van der Waals surface area (Å²) in [4.78, 5) is 4.94. The number of methoxy groups -OCH3 is 2. The molecule has 5 nitrogen and oxygen atoms in total. The maximum atomic E-state index is 10.2. The molecule has 0 bridgehead atoms. The molecule has 0 aliphatic heterocycles. The van der Waals surface area contributed by atoms with Crippen LogP contribution in [0.3, 0.4) is 0 Å². The lowest BCUT2D eigenvalue weighted by Gasteiger charge is -2.30. The molecule has 1 N–H and O–H groups in total. The van der Waals surface area contributed by atoms with Crippen LogP contribution in [0.25, 0.3) is 22.3 Å². The smallest absolute Gasteiger partial charge is 0.118 e. The van der Waals surface area contributed by atoms with Crippen LogP contribution in [0.15, 0.2) is 125 Å². The molecule has 1 unspecified atom stereocenters. The standard InChI is InChI=1S/C37H33N3O2/c1-41-33-18-8-27(9-19-33)25-3-13-30(14-4-25)39-32-17-7-29-12-22-37(36(24-38)35(29)23-32)40-31-15-5-26(6-16-31)28-10-20-34(42-2)21-11-28/h3-6,8-11,13-16,18-21,23,29,39H,7,12,17,22H2,1-2H3. The maximum absolute atomic E-state index is 10.2. The number of ether oxygens (including phenoxy) is 2. The van der Waals surface area contributed by atoms with Crippen molar-refractivity contribution in [2.24, 2.45) is 10.9 Å². The molecular formula is C37H33N3O2. The summed E-state index contributed by atoms with van der Waals surface area (Å²) in [6.07, 6.45) is 6.02. The zero-order chi connectivity index (χ0) is 28.9. The van der Waals surface area contributed by atoms with Crippen molar-refractivity contribution >= 4 is 17.1 Å². The zero-order valence-electron chi connectivity index (χ0n) is 23.9. The number of nitrogens with one attached hydrogen (secondary N) is 1. The number of benzene rings is 4. The Balaban J connectivity index is 1.20. The molecule has 0 radical (unpaired) electrons. The predicted octanol–water partition coefficient (Wildman–Crippen LogP) is 9.13. The minimum atomic E-state index is 0.402. The van der Waals surface area contributed by atoms with Gasteiger partial charge in [-0.1, -0.05) is 48.5 Å². The van der Waals surface area contributed by atoms with Crippen LogP contribution in [0, 0.1) is 17.2 Å². The number of nitrogens with zero attached hydrogens (tertiary/aromatic N) is 2. The Kier molecular flexibility index (Phi) is 7.87. The summed E-state index contributed by atoms with van der Waals surface area (Å²) >= 11 is 0. The molecule has 0 spiro atoms. The molecule has 208 valence electrons. The molecular weight excluding hydrogens is 518 g/mol. The van der Waals surface area contributed by atoms with Crippen LogP contribution in [-0.2, 0) is 0 Å². The van der Waals surface area contributed by atoms with E-state index in [1.807, 2.05) is 36.4 Å². The van der Waals surface area contributed by atoms with Gasteiger partial charge in [0.2, 0.25) is 0 Å². The molecule has 6 rings (SSSR count). The SMILES string of the molecule is COc1ccc(-c2ccc(N=C3CCC4CCC(Nc5ccc(-c6ccc(OC)cc6)cc5)=CC4=C3C#N)cc2)cc1. The first kappa shape index (κ1) is 27.1. The Morgan fingerprint density at radius 2 is 1.19 bits per heavy atom. The van der Waals surface area contributed by atoms with E-state index in [1.165, 1.54) is 0 Å². The normalized spacial score (nSPS) is 17.2. The van der Waals surface area contributed by atoms with Crippen LogP contribution < -0.4 is 14.8 Å². The number of fused-ring (bicyclic) bond motifs is 1. The lowest BCUT2D eigenvalue weighted by Crippen LogP contribution is -2.22. The number of rotatable bonds is 7. The molecule has 0 fully saturated rings. The van der Waals surface area contributed by atoms with Crippen molar-refractivity contribution < 1.29 is 9.47 Å². The van der Waals surface area contributed by atoms with E-state index in [4.69, 9.17) is 14.5 Å². The predicted molar refractivity (Wildman–Crippen MR) is 170 cm³/mol. The molecule has 4 aromatic rings. The van der Waals surface area contributed by atoms with Crippen molar-refractivity contribution in [2.45, 2.75) is 25.7 Å². The molecule has 2 aliphatic carbocycles. The van der Waals surface area contributed by atoms with Gasteiger partial charge >= 0.3 is 0 Å². The topological polar surface area (TPSA) is 66.6 Å². The van der Waals surface area contributed by atoms with Crippen LogP contribution in [0.2, 0.25) is 0 Å². The van der Waals surface area contributed by atoms with Crippen molar-refractivity contribution in [1.82, 2.24) is 0 Å². The lowest BCUT2D eigenvalue weighted by molar-refractivity contribution is 0.415. The van der Waals surface area contributed by atoms with Crippen LogP contribution in [0.5, 0.6) is 11.5 Å². The van der Waals surface area contributed by atoms with Gasteiger partial charge in [-0.15, -0.1) is 0 Å². The van der Waals surface area contributed by atoms with Gasteiger partial charge in [0.1, 0.15) is 17.6 Å². The lowest BCUT2D eigenvalue weighted by atomic mass is 9.76. The minimum Gasteiger partial charge on any atom is -0.497 e. The van der Waals surface area contributed by atoms with Gasteiger partial charge in [-0.05, 0) is 114 Å². The second-order valence-corrected chi connectivity index (χ2v) is 10.7. The molecule has 0 saturated carbocycles. The fourth-order valence-corrected chi connectivity index (χ4v) is 5.76. The van der Waals surface area contributed by atoms with Crippen LogP contribution >= 0.6 is 0 Å². The molecule has 0 aromatic heterocycles. The highest BCUT2D eigenvalue weighted by molar-refractivity contribution is 6.06. The molecule has 42 heavy (non-hydrogen) atoms. The number of aliphatic imine (C=N–C) groups is 1. The first-order valence-corrected chi connectivity index (χ1v) is 14.3. The second-order valence-electron chi connectivity index (χ2n) is 10.7. The number of hydrogen-bond donors (Lipinski definition) is 1. The van der Waals surface area contributed by atoms with Gasteiger partial charge < -0.3 is 14.8 Å². The maximum Gasteiger partial charge on any atom is 0.118 e. The first-order chi connectivity index (χ1) is 20.6. The van der Waals surface area contributed by atoms with E-state index in [2.05, 4.69) is 78.1 Å². The van der Waals surface area contributed by atoms with Crippen molar-refractivity contribution in [3.63, 3.8) is 0 Å². The summed E-state index contributed by atoms with van der Waals surface area (Å²) in [5.41, 5.74) is 10.3. The number of hydrogen-bond acceptors (Lipinski definition) is 5. The van der Waals surface area contributed by atoms with Crippen molar-refractivity contribution in [3.8, 4) is 39.8 Å². The second kappa shape index (κ2) is 12.2. The summed E-state index contributed by atoms with van der Waals surface area (Å²) in [6, 6.07) is 35.3. The molecule has 0 amide bonds. The van der Waals surface area contributed by atoms with Gasteiger partial charge in [0.05, 0.1) is 31.2 Å². The van der Waals surface area contributed by atoms with Crippen LogP contribution in [0.1, 0.15) is 25.7 Å². The van der Waals surface area contributed by atoms with Gasteiger partial charge in [0, 0.05) is 11.4 Å². The van der Waals surface area contributed by atoms with Gasteiger partial charge in [-0.25, -0.2) is 0 Å². The van der Waals surface area contributed by atoms with E-state index < -0.39 is 0 Å². The highest BCUT2D eigenvalue weighted by Gasteiger charge is 2.29. The monoisotopic (exact) mass is 551 g/mol. The fraction of sp³-hybridized carbons (Fsp3) is 0.189. The van der Waals surface area contributed by atoms with E-state index in [0.29, 0.717) is 5.92 Å². The van der Waals surface area contributed by atoms with Crippen molar-refractivity contribution in [1.29, 1.82) is 5.26 Å². The highest BCUT2D eigenvalue weighted by Crippen LogP contribution is 2.39. The van der Waals surface area contributed by atoms with Gasteiger partial charge in [-0.2, -0.15) is 5.26 Å².